The normalized spacial score (nSPS) is 24.1. The SMILES string of the molecule is CC1CCCC(C)N1n1c(N)nc2cc(Cl)cnc21. The Morgan fingerprint density at radius 2 is 2.00 bits per heavy atom. The van der Waals surface area contributed by atoms with Crippen LogP contribution in [-0.4, -0.2) is 26.7 Å². The number of rotatable bonds is 1. The van der Waals surface area contributed by atoms with Crippen molar-refractivity contribution in [1.82, 2.24) is 14.6 Å². The zero-order valence-corrected chi connectivity index (χ0v) is 11.9. The third-order valence-corrected chi connectivity index (χ3v) is 4.05. The van der Waals surface area contributed by atoms with Crippen molar-refractivity contribution in [2.75, 3.05) is 10.7 Å². The van der Waals surface area contributed by atoms with Crippen LogP contribution in [0.2, 0.25) is 5.02 Å². The van der Waals surface area contributed by atoms with E-state index in [1.54, 1.807) is 12.3 Å². The molecule has 1 aliphatic heterocycles. The molecule has 2 aromatic heterocycles. The van der Waals surface area contributed by atoms with Gasteiger partial charge in [0.15, 0.2) is 5.65 Å². The Hall–Kier alpha value is -1.49. The maximum absolute atomic E-state index is 6.09. The molecule has 19 heavy (non-hydrogen) atoms. The van der Waals surface area contributed by atoms with Crippen molar-refractivity contribution < 1.29 is 0 Å². The van der Waals surface area contributed by atoms with Crippen LogP contribution in [0.3, 0.4) is 0 Å². The first kappa shape index (κ1) is 12.5. The molecule has 0 bridgehead atoms. The predicted molar refractivity (Wildman–Crippen MR) is 77.9 cm³/mol. The van der Waals surface area contributed by atoms with Crippen LogP contribution >= 0.6 is 11.6 Å². The number of fused-ring (bicyclic) bond motifs is 1. The zero-order chi connectivity index (χ0) is 13.6. The van der Waals surface area contributed by atoms with Gasteiger partial charge in [0.25, 0.3) is 0 Å². The highest BCUT2D eigenvalue weighted by molar-refractivity contribution is 6.31. The highest BCUT2D eigenvalue weighted by atomic mass is 35.5. The fourth-order valence-corrected chi connectivity index (χ4v) is 3.13. The Kier molecular flexibility index (Phi) is 3.01. The van der Waals surface area contributed by atoms with Crippen LogP contribution in [0.15, 0.2) is 12.3 Å². The van der Waals surface area contributed by atoms with Crippen LogP contribution in [-0.2, 0) is 0 Å². The van der Waals surface area contributed by atoms with Gasteiger partial charge in [0.05, 0.1) is 5.02 Å². The molecule has 0 aliphatic carbocycles. The number of nitrogens with zero attached hydrogens (tertiary/aromatic N) is 4. The summed E-state index contributed by atoms with van der Waals surface area (Å²) in [6.07, 6.45) is 5.22. The molecule has 2 unspecified atom stereocenters. The molecule has 3 heterocycles. The number of imidazole rings is 1. The van der Waals surface area contributed by atoms with Crippen molar-refractivity contribution in [3.63, 3.8) is 0 Å². The predicted octanol–water partition coefficient (Wildman–Crippen LogP) is 2.57. The summed E-state index contributed by atoms with van der Waals surface area (Å²) in [4.78, 5) is 8.76. The fraction of sp³-hybridized carbons (Fsp3) is 0.538. The summed E-state index contributed by atoms with van der Waals surface area (Å²) in [6.45, 7) is 4.44. The lowest BCUT2D eigenvalue weighted by Gasteiger charge is -2.41. The molecule has 102 valence electrons. The van der Waals surface area contributed by atoms with E-state index in [-0.39, 0.29) is 0 Å². The molecule has 2 aromatic rings. The average molecular weight is 280 g/mol. The summed E-state index contributed by atoms with van der Waals surface area (Å²) in [7, 11) is 0. The van der Waals surface area contributed by atoms with Crippen LogP contribution in [0.1, 0.15) is 33.1 Å². The van der Waals surface area contributed by atoms with Gasteiger partial charge in [-0.2, -0.15) is 0 Å². The molecule has 1 saturated heterocycles. The highest BCUT2D eigenvalue weighted by Gasteiger charge is 2.28. The molecule has 0 aromatic carbocycles. The minimum Gasteiger partial charge on any atom is -0.368 e. The van der Waals surface area contributed by atoms with Crippen molar-refractivity contribution in [2.24, 2.45) is 0 Å². The van der Waals surface area contributed by atoms with Crippen LogP contribution in [0.4, 0.5) is 5.95 Å². The van der Waals surface area contributed by atoms with Gasteiger partial charge in [0, 0.05) is 18.3 Å². The first-order valence-electron chi connectivity index (χ1n) is 6.66. The first-order chi connectivity index (χ1) is 9.08. The second-order valence-corrected chi connectivity index (χ2v) is 5.72. The van der Waals surface area contributed by atoms with Gasteiger partial charge >= 0.3 is 0 Å². The maximum Gasteiger partial charge on any atom is 0.222 e. The second-order valence-electron chi connectivity index (χ2n) is 5.29. The molecule has 0 amide bonds. The molecule has 3 rings (SSSR count). The third kappa shape index (κ3) is 2.02. The van der Waals surface area contributed by atoms with Gasteiger partial charge in [-0.3, -0.25) is 0 Å². The Morgan fingerprint density at radius 1 is 1.32 bits per heavy atom. The summed E-state index contributed by atoms with van der Waals surface area (Å²) < 4.78 is 1.94. The maximum atomic E-state index is 6.09. The molecule has 0 saturated carbocycles. The summed E-state index contributed by atoms with van der Waals surface area (Å²) in [5.41, 5.74) is 7.61. The Morgan fingerprint density at radius 3 is 2.68 bits per heavy atom. The number of halogens is 1. The van der Waals surface area contributed by atoms with Gasteiger partial charge in [0.2, 0.25) is 5.95 Å². The summed E-state index contributed by atoms with van der Waals surface area (Å²) in [5.74, 6) is 0.477. The quantitative estimate of drug-likeness (QED) is 0.872. The van der Waals surface area contributed by atoms with Crippen molar-refractivity contribution in [1.29, 1.82) is 0 Å². The van der Waals surface area contributed by atoms with E-state index in [9.17, 15) is 0 Å². The Balaban J connectivity index is 2.15. The molecule has 1 aliphatic rings. The van der Waals surface area contributed by atoms with Crippen molar-refractivity contribution >= 4 is 28.7 Å². The molecule has 0 radical (unpaired) electrons. The molecule has 2 atom stereocenters. The summed E-state index contributed by atoms with van der Waals surface area (Å²) in [6, 6.07) is 2.66. The number of nitrogen functional groups attached to an aromatic ring is 1. The second kappa shape index (κ2) is 4.56. The molecule has 2 N–H and O–H groups in total. The topological polar surface area (TPSA) is 60.0 Å². The van der Waals surface area contributed by atoms with Gasteiger partial charge < -0.3 is 10.7 Å². The lowest BCUT2D eigenvalue weighted by Crippen LogP contribution is -2.51. The van der Waals surface area contributed by atoms with Crippen LogP contribution in [0.25, 0.3) is 11.2 Å². The number of pyridine rings is 1. The molecule has 0 spiro atoms. The number of hydrogen-bond acceptors (Lipinski definition) is 4. The molecule has 1 fully saturated rings. The van der Waals surface area contributed by atoms with Gasteiger partial charge in [0.1, 0.15) is 5.52 Å². The molecular weight excluding hydrogens is 262 g/mol. The summed E-state index contributed by atoms with van der Waals surface area (Å²) >= 11 is 5.96. The number of hydrogen-bond donors (Lipinski definition) is 1. The number of nitrogens with two attached hydrogens (primary N) is 1. The minimum absolute atomic E-state index is 0.431. The Bertz CT molecular complexity index is 598. The zero-order valence-electron chi connectivity index (χ0n) is 11.2. The van der Waals surface area contributed by atoms with Gasteiger partial charge in [-0.15, -0.1) is 0 Å². The van der Waals surface area contributed by atoms with E-state index in [0.29, 0.717) is 23.1 Å². The van der Waals surface area contributed by atoms with Crippen molar-refractivity contribution in [3.8, 4) is 0 Å². The van der Waals surface area contributed by atoms with Crippen LogP contribution in [0.5, 0.6) is 0 Å². The van der Waals surface area contributed by atoms with Crippen LogP contribution in [0, 0.1) is 0 Å². The monoisotopic (exact) mass is 279 g/mol. The van der Waals surface area contributed by atoms with Crippen LogP contribution < -0.4 is 10.7 Å². The first-order valence-corrected chi connectivity index (χ1v) is 7.04. The number of anilines is 1. The minimum atomic E-state index is 0.431. The van der Waals surface area contributed by atoms with Gasteiger partial charge in [-0.25, -0.2) is 14.6 Å². The molecule has 5 nitrogen and oxygen atoms in total. The largest absolute Gasteiger partial charge is 0.368 e. The lowest BCUT2D eigenvalue weighted by molar-refractivity contribution is 0.342. The van der Waals surface area contributed by atoms with E-state index >= 15 is 0 Å². The summed E-state index contributed by atoms with van der Waals surface area (Å²) in [5, 5.41) is 2.87. The van der Waals surface area contributed by atoms with E-state index < -0.39 is 0 Å². The molecular formula is C13H18ClN5. The standard InChI is InChI=1S/C13H18ClN5/c1-8-4-3-5-9(2)18(8)19-12-11(17-13(19)15)6-10(14)7-16-12/h6-9H,3-5H2,1-2H3,(H2,15,17). The van der Waals surface area contributed by atoms with E-state index in [1.807, 2.05) is 4.68 Å². The smallest absolute Gasteiger partial charge is 0.222 e. The van der Waals surface area contributed by atoms with E-state index in [4.69, 9.17) is 17.3 Å². The van der Waals surface area contributed by atoms with Crippen molar-refractivity contribution in [2.45, 2.75) is 45.2 Å². The van der Waals surface area contributed by atoms with E-state index in [0.717, 1.165) is 24.0 Å². The van der Waals surface area contributed by atoms with E-state index in [1.165, 1.54) is 6.42 Å². The lowest BCUT2D eigenvalue weighted by atomic mass is 10.00. The third-order valence-electron chi connectivity index (χ3n) is 3.84. The fourth-order valence-electron chi connectivity index (χ4n) is 2.98. The molecule has 6 heteroatoms. The number of aromatic nitrogens is 3. The Labute approximate surface area is 117 Å². The number of piperidine rings is 1. The van der Waals surface area contributed by atoms with Crippen molar-refractivity contribution in [3.05, 3.63) is 17.3 Å². The van der Waals surface area contributed by atoms with Gasteiger partial charge in [-0.1, -0.05) is 11.6 Å². The van der Waals surface area contributed by atoms with E-state index in [2.05, 4.69) is 28.8 Å². The highest BCUT2D eigenvalue weighted by Crippen LogP contribution is 2.26. The van der Waals surface area contributed by atoms with Gasteiger partial charge in [-0.05, 0) is 39.2 Å². The average Bonchev–Trinajstić information content (AvgIpc) is 2.65.